The minimum absolute atomic E-state index is 0.222. The zero-order chi connectivity index (χ0) is 23.1. The largest absolute Gasteiger partial charge is 0.479 e. The number of nitrogens with one attached hydrogen (secondary N) is 1. The first kappa shape index (κ1) is 25.1. The molecular formula is C18H22FN3O7S. The van der Waals surface area contributed by atoms with Crippen LogP contribution < -0.4 is 10.5 Å². The summed E-state index contributed by atoms with van der Waals surface area (Å²) in [6.45, 7) is 1.30. The van der Waals surface area contributed by atoms with Gasteiger partial charge in [-0.1, -0.05) is 30.3 Å². The molecule has 0 aliphatic carbocycles. The Balaban J connectivity index is 0.000000346. The second-order valence-electron chi connectivity index (χ2n) is 6.45. The summed E-state index contributed by atoms with van der Waals surface area (Å²) in [5.41, 5.74) is 4.03. The molecule has 0 aromatic heterocycles. The fraction of sp³-hybridized carbons (Fsp3) is 0.278. The number of nitro groups is 1. The van der Waals surface area contributed by atoms with Crippen molar-refractivity contribution in [1.29, 1.82) is 0 Å². The number of aliphatic hydroxyl groups is 1. The predicted molar refractivity (Wildman–Crippen MR) is 106 cm³/mol. The second kappa shape index (κ2) is 10.2. The average molecular weight is 443 g/mol. The molecule has 2 atom stereocenters. The molecule has 30 heavy (non-hydrogen) atoms. The normalized spacial score (nSPS) is 14.0. The van der Waals surface area contributed by atoms with Crippen molar-refractivity contribution in [2.45, 2.75) is 18.6 Å². The minimum Gasteiger partial charge on any atom is -0.479 e. The lowest BCUT2D eigenvalue weighted by Crippen LogP contribution is -2.44. The van der Waals surface area contributed by atoms with Gasteiger partial charge in [-0.05, 0) is 25.6 Å². The van der Waals surface area contributed by atoms with Gasteiger partial charge in [0, 0.05) is 17.7 Å². The van der Waals surface area contributed by atoms with Crippen molar-refractivity contribution in [2.24, 2.45) is 5.73 Å². The van der Waals surface area contributed by atoms with Crippen LogP contribution in [-0.4, -0.2) is 42.3 Å². The van der Waals surface area contributed by atoms with Crippen LogP contribution in [0.3, 0.4) is 0 Å². The Kier molecular flexibility index (Phi) is 8.54. The number of nitrogens with zero attached hydrogens (tertiary/aromatic N) is 1. The number of carbonyl (C=O) groups is 1. The molecule has 0 amide bonds. The highest BCUT2D eigenvalue weighted by atomic mass is 32.2. The van der Waals surface area contributed by atoms with Crippen LogP contribution in [0.25, 0.3) is 0 Å². The molecule has 2 aromatic rings. The van der Waals surface area contributed by atoms with Crippen molar-refractivity contribution in [3.8, 4) is 0 Å². The molecule has 0 saturated carbocycles. The first-order valence-corrected chi connectivity index (χ1v) is 10.1. The van der Waals surface area contributed by atoms with Gasteiger partial charge in [0.15, 0.2) is 6.10 Å². The maximum atomic E-state index is 13.7. The van der Waals surface area contributed by atoms with Crippen LogP contribution in [0.4, 0.5) is 10.1 Å². The Labute approximate surface area is 172 Å². The van der Waals surface area contributed by atoms with Gasteiger partial charge in [0.25, 0.3) is 5.69 Å². The summed E-state index contributed by atoms with van der Waals surface area (Å²) in [6, 6.07) is 11.1. The topological polar surface area (TPSA) is 173 Å². The van der Waals surface area contributed by atoms with Crippen LogP contribution >= 0.6 is 0 Å². The van der Waals surface area contributed by atoms with E-state index in [4.69, 9.17) is 15.9 Å². The van der Waals surface area contributed by atoms with E-state index in [-0.39, 0.29) is 11.3 Å². The monoisotopic (exact) mass is 443 g/mol. The Hall–Kier alpha value is -2.93. The summed E-state index contributed by atoms with van der Waals surface area (Å²) in [5.74, 6) is -2.60. The molecule has 5 N–H and O–H groups in total. The molecule has 0 spiro atoms. The Morgan fingerprint density at radius 1 is 1.30 bits per heavy atom. The van der Waals surface area contributed by atoms with Crippen LogP contribution in [-0.2, 0) is 20.4 Å². The predicted octanol–water partition coefficient (Wildman–Crippen LogP) is 1.26. The van der Waals surface area contributed by atoms with Crippen molar-refractivity contribution >= 4 is 21.7 Å². The molecule has 0 aliphatic heterocycles. The lowest BCUT2D eigenvalue weighted by molar-refractivity contribution is -0.385. The van der Waals surface area contributed by atoms with E-state index in [2.05, 4.69) is 4.72 Å². The van der Waals surface area contributed by atoms with Crippen molar-refractivity contribution in [3.05, 3.63) is 75.6 Å². The molecule has 0 unspecified atom stereocenters. The number of sulfonamides is 1. The lowest BCUT2D eigenvalue weighted by atomic mass is 9.94. The summed E-state index contributed by atoms with van der Waals surface area (Å²) in [5, 5.41) is 28.0. The average Bonchev–Trinajstić information content (AvgIpc) is 2.67. The zero-order valence-electron chi connectivity index (χ0n) is 16.1. The third-order valence-corrected chi connectivity index (χ3v) is 5.53. The summed E-state index contributed by atoms with van der Waals surface area (Å²) in [6.07, 6.45) is -1.41. The number of carboxylic acid groups (broad SMARTS) is 1. The molecule has 0 saturated heterocycles. The maximum Gasteiger partial charge on any atom is 0.337 e. The van der Waals surface area contributed by atoms with E-state index in [0.717, 1.165) is 18.2 Å². The number of non-ortho nitro benzene ring substituents is 1. The lowest BCUT2D eigenvalue weighted by Gasteiger charge is -2.24. The van der Waals surface area contributed by atoms with Crippen molar-refractivity contribution in [2.75, 3.05) is 12.8 Å². The Morgan fingerprint density at radius 3 is 2.33 bits per heavy atom. The quantitative estimate of drug-likeness (QED) is 0.365. The maximum absolute atomic E-state index is 13.7. The molecule has 2 aromatic carbocycles. The molecule has 0 aliphatic rings. The third-order valence-electron chi connectivity index (χ3n) is 3.93. The minimum atomic E-state index is -3.69. The van der Waals surface area contributed by atoms with E-state index in [1.165, 1.54) is 14.0 Å². The Bertz CT molecular complexity index is 998. The fourth-order valence-corrected chi connectivity index (χ4v) is 3.48. The molecule has 0 bridgehead atoms. The van der Waals surface area contributed by atoms with Gasteiger partial charge in [-0.2, -0.15) is 0 Å². The summed E-state index contributed by atoms with van der Waals surface area (Å²) in [7, 11) is -2.48. The van der Waals surface area contributed by atoms with E-state index in [1.807, 2.05) is 0 Å². The molecule has 0 radical (unpaired) electrons. The van der Waals surface area contributed by atoms with Gasteiger partial charge >= 0.3 is 5.97 Å². The number of benzene rings is 2. The number of aliphatic hydroxyl groups excluding tert-OH is 1. The fourth-order valence-electron chi connectivity index (χ4n) is 2.39. The first-order chi connectivity index (χ1) is 13.8. The van der Waals surface area contributed by atoms with Crippen molar-refractivity contribution < 1.29 is 32.7 Å². The van der Waals surface area contributed by atoms with Crippen LogP contribution in [0.2, 0.25) is 0 Å². The summed E-state index contributed by atoms with van der Waals surface area (Å²) >= 11 is 0. The number of nitro benzene ring substituents is 1. The SMILES string of the molecule is CNS(=O)(=O)C[C@](C)(N)c1cc([N+](=O)[O-])ccc1F.O=C(O)[C@@H](O)c1ccccc1. The third kappa shape index (κ3) is 7.15. The standard InChI is InChI=1S/C10H14FN3O4S.C8H8O3/c1-10(12,6-19(17,18)13-2)8-5-7(14(15)16)3-4-9(8)11;9-7(8(10)11)6-4-2-1-3-5-6/h3-5,13H,6,12H2,1-2H3;1-5,7,9H,(H,10,11)/t10-;7-/m00/s1. The highest BCUT2D eigenvalue weighted by Crippen LogP contribution is 2.26. The van der Waals surface area contributed by atoms with E-state index < -0.39 is 44.1 Å². The van der Waals surface area contributed by atoms with Gasteiger partial charge in [0.05, 0.1) is 16.2 Å². The molecular weight excluding hydrogens is 421 g/mol. The zero-order valence-corrected chi connectivity index (χ0v) is 17.0. The van der Waals surface area contributed by atoms with Crippen LogP contribution in [0.15, 0.2) is 48.5 Å². The van der Waals surface area contributed by atoms with Gasteiger partial charge in [-0.25, -0.2) is 22.3 Å². The van der Waals surface area contributed by atoms with Crippen molar-refractivity contribution in [1.82, 2.24) is 4.72 Å². The van der Waals surface area contributed by atoms with Gasteiger partial charge in [0.1, 0.15) is 5.82 Å². The number of carboxylic acids is 1. The van der Waals surface area contributed by atoms with Gasteiger partial charge in [-0.15, -0.1) is 0 Å². The molecule has 2 rings (SSSR count). The van der Waals surface area contributed by atoms with Gasteiger partial charge < -0.3 is 15.9 Å². The number of hydrogen-bond donors (Lipinski definition) is 4. The molecule has 10 nitrogen and oxygen atoms in total. The van der Waals surface area contributed by atoms with E-state index in [1.54, 1.807) is 30.3 Å². The van der Waals surface area contributed by atoms with Crippen LogP contribution in [0.1, 0.15) is 24.2 Å². The number of nitrogens with two attached hydrogens (primary N) is 1. The van der Waals surface area contributed by atoms with E-state index in [9.17, 15) is 27.7 Å². The summed E-state index contributed by atoms with van der Waals surface area (Å²) < 4.78 is 38.7. The number of aliphatic carboxylic acids is 1. The number of rotatable bonds is 7. The molecule has 0 heterocycles. The van der Waals surface area contributed by atoms with Crippen LogP contribution in [0.5, 0.6) is 0 Å². The number of hydrogen-bond acceptors (Lipinski definition) is 7. The van der Waals surface area contributed by atoms with Crippen LogP contribution in [0, 0.1) is 15.9 Å². The Morgan fingerprint density at radius 2 is 1.87 bits per heavy atom. The first-order valence-electron chi connectivity index (χ1n) is 8.41. The smallest absolute Gasteiger partial charge is 0.337 e. The highest BCUT2D eigenvalue weighted by molar-refractivity contribution is 7.89. The number of halogens is 1. The van der Waals surface area contributed by atoms with E-state index >= 15 is 0 Å². The molecule has 0 fully saturated rings. The van der Waals surface area contributed by atoms with Crippen molar-refractivity contribution in [3.63, 3.8) is 0 Å². The molecule has 12 heteroatoms. The van der Waals surface area contributed by atoms with E-state index in [0.29, 0.717) is 5.56 Å². The molecule has 164 valence electrons. The van der Waals surface area contributed by atoms with Gasteiger partial charge in [0.2, 0.25) is 10.0 Å². The van der Waals surface area contributed by atoms with Gasteiger partial charge in [-0.3, -0.25) is 10.1 Å². The summed E-state index contributed by atoms with van der Waals surface area (Å²) in [4.78, 5) is 20.2. The second-order valence-corrected chi connectivity index (χ2v) is 8.38. The highest BCUT2D eigenvalue weighted by Gasteiger charge is 2.32.